The highest BCUT2D eigenvalue weighted by atomic mass is 32.2. The second-order valence-corrected chi connectivity index (χ2v) is 9.29. The first-order valence-electron chi connectivity index (χ1n) is 9.66. The average molecular weight is 443 g/mol. The molecule has 1 aliphatic heterocycles. The van der Waals surface area contributed by atoms with Gasteiger partial charge in [-0.2, -0.15) is 13.2 Å². The number of benzene rings is 1. The molecule has 2 heterocycles. The Morgan fingerprint density at radius 1 is 1.17 bits per heavy atom. The second-order valence-electron chi connectivity index (χ2n) is 7.46. The number of carbonyl (C=O) groups is 1. The molecule has 1 amide bonds. The van der Waals surface area contributed by atoms with E-state index in [1.54, 1.807) is 29.4 Å². The van der Waals surface area contributed by atoms with Crippen molar-refractivity contribution in [3.63, 3.8) is 0 Å². The van der Waals surface area contributed by atoms with Crippen molar-refractivity contribution in [3.05, 3.63) is 53.9 Å². The van der Waals surface area contributed by atoms with Crippen molar-refractivity contribution in [2.75, 3.05) is 19.3 Å². The first-order valence-corrected chi connectivity index (χ1v) is 11.5. The zero-order valence-electron chi connectivity index (χ0n) is 16.5. The fourth-order valence-electron chi connectivity index (χ4n) is 3.70. The van der Waals surface area contributed by atoms with E-state index in [2.05, 4.69) is 4.72 Å². The molecule has 0 aliphatic carbocycles. The van der Waals surface area contributed by atoms with Gasteiger partial charge in [-0.15, -0.1) is 0 Å². The Morgan fingerprint density at radius 2 is 1.87 bits per heavy atom. The van der Waals surface area contributed by atoms with Gasteiger partial charge in [0.15, 0.2) is 0 Å². The molecule has 10 heteroatoms. The van der Waals surface area contributed by atoms with Crippen LogP contribution >= 0.6 is 0 Å². The maximum absolute atomic E-state index is 13.5. The van der Waals surface area contributed by atoms with Crippen LogP contribution in [0.3, 0.4) is 0 Å². The number of hydrogen-bond acceptors (Lipinski definition) is 3. The Morgan fingerprint density at radius 3 is 2.50 bits per heavy atom. The Kier molecular flexibility index (Phi) is 6.56. The van der Waals surface area contributed by atoms with Gasteiger partial charge in [0.2, 0.25) is 10.0 Å². The molecule has 1 fully saturated rings. The van der Waals surface area contributed by atoms with E-state index in [1.165, 1.54) is 10.6 Å². The number of nitrogens with zero attached hydrogens (tertiary/aromatic N) is 2. The Balaban J connectivity index is 1.89. The predicted octanol–water partition coefficient (Wildman–Crippen LogP) is 3.43. The SMILES string of the molecule is CS(=O)(=O)NCCC1CCCCN1C(=O)c1cc(-n2cccc2)cc(C(F)(F)F)c1. The van der Waals surface area contributed by atoms with Crippen molar-refractivity contribution in [2.24, 2.45) is 0 Å². The van der Waals surface area contributed by atoms with Gasteiger partial charge >= 0.3 is 6.18 Å². The van der Waals surface area contributed by atoms with Crippen molar-refractivity contribution < 1.29 is 26.4 Å². The van der Waals surface area contributed by atoms with Crippen molar-refractivity contribution in [1.82, 2.24) is 14.2 Å². The molecule has 30 heavy (non-hydrogen) atoms. The van der Waals surface area contributed by atoms with E-state index >= 15 is 0 Å². The van der Waals surface area contributed by atoms with E-state index in [4.69, 9.17) is 0 Å². The number of hydrogen-bond donors (Lipinski definition) is 1. The molecular formula is C20H24F3N3O3S. The summed E-state index contributed by atoms with van der Waals surface area (Å²) in [5.74, 6) is -0.474. The summed E-state index contributed by atoms with van der Waals surface area (Å²) in [6.45, 7) is 0.599. The van der Waals surface area contributed by atoms with Crippen molar-refractivity contribution in [2.45, 2.75) is 37.9 Å². The van der Waals surface area contributed by atoms with Gasteiger partial charge in [-0.25, -0.2) is 13.1 Å². The minimum atomic E-state index is -4.58. The van der Waals surface area contributed by atoms with Crippen LogP contribution in [0.4, 0.5) is 13.2 Å². The summed E-state index contributed by atoms with van der Waals surface area (Å²) in [5.41, 5.74) is -0.661. The van der Waals surface area contributed by atoms with Gasteiger partial charge in [0.1, 0.15) is 0 Å². The van der Waals surface area contributed by atoms with Gasteiger partial charge in [0.25, 0.3) is 5.91 Å². The summed E-state index contributed by atoms with van der Waals surface area (Å²) in [6, 6.07) is 6.51. The Hall–Kier alpha value is -2.33. The van der Waals surface area contributed by atoms with Crippen molar-refractivity contribution in [1.29, 1.82) is 0 Å². The number of sulfonamides is 1. The molecule has 3 rings (SSSR count). The highest BCUT2D eigenvalue weighted by molar-refractivity contribution is 7.88. The summed E-state index contributed by atoms with van der Waals surface area (Å²) < 4.78 is 66.9. The molecule has 1 atom stereocenters. The fourth-order valence-corrected chi connectivity index (χ4v) is 4.19. The molecule has 0 spiro atoms. The van der Waals surface area contributed by atoms with Crippen LogP contribution in [-0.4, -0.2) is 49.2 Å². The lowest BCUT2D eigenvalue weighted by Gasteiger charge is -2.36. The van der Waals surface area contributed by atoms with Gasteiger partial charge in [0, 0.05) is 42.8 Å². The predicted molar refractivity (Wildman–Crippen MR) is 107 cm³/mol. The van der Waals surface area contributed by atoms with Crippen LogP contribution in [0.2, 0.25) is 0 Å². The van der Waals surface area contributed by atoms with Gasteiger partial charge in [-0.3, -0.25) is 4.79 Å². The number of nitrogens with one attached hydrogen (secondary N) is 1. The topological polar surface area (TPSA) is 71.4 Å². The number of carbonyl (C=O) groups excluding carboxylic acids is 1. The monoisotopic (exact) mass is 443 g/mol. The minimum Gasteiger partial charge on any atom is -0.336 e. The quantitative estimate of drug-likeness (QED) is 0.744. The van der Waals surface area contributed by atoms with E-state index in [0.717, 1.165) is 31.2 Å². The minimum absolute atomic E-state index is 0.0310. The van der Waals surface area contributed by atoms with Crippen LogP contribution in [0.15, 0.2) is 42.7 Å². The number of alkyl halides is 3. The van der Waals surface area contributed by atoms with Gasteiger partial charge < -0.3 is 9.47 Å². The molecule has 0 saturated carbocycles. The molecule has 0 radical (unpaired) electrons. The summed E-state index contributed by atoms with van der Waals surface area (Å²) >= 11 is 0. The molecule has 1 aromatic heterocycles. The van der Waals surface area contributed by atoms with Crippen LogP contribution < -0.4 is 4.72 Å². The third-order valence-corrected chi connectivity index (χ3v) is 5.85. The van der Waals surface area contributed by atoms with E-state index < -0.39 is 27.7 Å². The highest BCUT2D eigenvalue weighted by Crippen LogP contribution is 2.32. The van der Waals surface area contributed by atoms with Gasteiger partial charge in [0.05, 0.1) is 11.8 Å². The number of aromatic nitrogens is 1. The summed E-state index contributed by atoms with van der Waals surface area (Å²) in [7, 11) is -3.35. The maximum atomic E-state index is 13.5. The number of likely N-dealkylation sites (tertiary alicyclic amines) is 1. The van der Waals surface area contributed by atoms with E-state index in [9.17, 15) is 26.4 Å². The fraction of sp³-hybridized carbons (Fsp3) is 0.450. The Bertz CT molecular complexity index is 988. The van der Waals surface area contributed by atoms with Crippen LogP contribution in [0.1, 0.15) is 41.6 Å². The molecular weight excluding hydrogens is 419 g/mol. The first kappa shape index (κ1) is 22.4. The van der Waals surface area contributed by atoms with E-state index in [0.29, 0.717) is 19.4 Å². The lowest BCUT2D eigenvalue weighted by molar-refractivity contribution is -0.137. The number of halogens is 3. The zero-order chi connectivity index (χ0) is 21.9. The highest BCUT2D eigenvalue weighted by Gasteiger charge is 2.34. The van der Waals surface area contributed by atoms with Crippen LogP contribution in [-0.2, 0) is 16.2 Å². The first-order chi connectivity index (χ1) is 14.0. The molecule has 1 saturated heterocycles. The molecule has 0 bridgehead atoms. The molecule has 1 N–H and O–H groups in total. The largest absolute Gasteiger partial charge is 0.416 e. The van der Waals surface area contributed by atoms with Crippen LogP contribution in [0.25, 0.3) is 5.69 Å². The number of rotatable bonds is 6. The lowest BCUT2D eigenvalue weighted by atomic mass is 9.97. The second kappa shape index (κ2) is 8.81. The molecule has 6 nitrogen and oxygen atoms in total. The molecule has 164 valence electrons. The van der Waals surface area contributed by atoms with Crippen LogP contribution in [0.5, 0.6) is 0 Å². The third kappa shape index (κ3) is 5.63. The third-order valence-electron chi connectivity index (χ3n) is 5.12. The van der Waals surface area contributed by atoms with Crippen molar-refractivity contribution >= 4 is 15.9 Å². The van der Waals surface area contributed by atoms with Gasteiger partial charge in [-0.05, 0) is 56.0 Å². The number of amides is 1. The average Bonchev–Trinajstić information content (AvgIpc) is 3.21. The van der Waals surface area contributed by atoms with Crippen LogP contribution in [0, 0.1) is 0 Å². The summed E-state index contributed by atoms with van der Waals surface area (Å²) in [4.78, 5) is 14.8. The molecule has 1 unspecified atom stereocenters. The lowest BCUT2D eigenvalue weighted by Crippen LogP contribution is -2.45. The summed E-state index contributed by atoms with van der Waals surface area (Å²) in [5, 5.41) is 0. The summed E-state index contributed by atoms with van der Waals surface area (Å²) in [6.07, 6.45) is 2.42. The van der Waals surface area contributed by atoms with E-state index in [-0.39, 0.29) is 23.8 Å². The number of piperidine rings is 1. The van der Waals surface area contributed by atoms with Gasteiger partial charge in [-0.1, -0.05) is 0 Å². The van der Waals surface area contributed by atoms with Crippen molar-refractivity contribution in [3.8, 4) is 5.69 Å². The molecule has 2 aromatic rings. The zero-order valence-corrected chi connectivity index (χ0v) is 17.3. The molecule has 1 aliphatic rings. The molecule has 1 aromatic carbocycles. The normalized spacial score (nSPS) is 17.9. The standard InChI is InChI=1S/C20H24F3N3O3S/c1-30(28,29)24-8-7-17-6-2-3-11-26(17)19(27)15-12-16(20(21,22)23)14-18(13-15)25-9-4-5-10-25/h4-5,9-10,12-14,17,24H,2-3,6-8,11H2,1H3. The smallest absolute Gasteiger partial charge is 0.336 e. The Labute approximate surface area is 173 Å². The van der Waals surface area contributed by atoms with E-state index in [1.807, 2.05) is 0 Å². The maximum Gasteiger partial charge on any atom is 0.416 e.